The number of nitrogens with zero attached hydrogens (tertiary/aromatic N) is 4. The monoisotopic (exact) mass is 807 g/mol. The van der Waals surface area contributed by atoms with Crippen molar-refractivity contribution in [3.05, 3.63) is 63.8 Å². The fraction of sp³-hybridized carbons (Fsp3) is 0.486. The summed E-state index contributed by atoms with van der Waals surface area (Å²) < 4.78 is 41.3. The maximum absolute atomic E-state index is 13.9. The van der Waals surface area contributed by atoms with Gasteiger partial charge < -0.3 is 25.0 Å². The van der Waals surface area contributed by atoms with E-state index in [2.05, 4.69) is 41.8 Å². The molecule has 14 nitrogen and oxygen atoms in total. The van der Waals surface area contributed by atoms with Crippen LogP contribution in [0.1, 0.15) is 79.3 Å². The number of hydrogen-bond donors (Lipinski definition) is 3. The zero-order chi connectivity index (χ0) is 36.7. The molecule has 53 heavy (non-hydrogen) atoms. The van der Waals surface area contributed by atoms with Gasteiger partial charge in [0.2, 0.25) is 34.6 Å². The van der Waals surface area contributed by atoms with Gasteiger partial charge in [0.15, 0.2) is 11.5 Å². The molecule has 0 bridgehead atoms. The molecule has 4 aliphatic heterocycles. The molecule has 8 rings (SSSR count). The highest BCUT2D eigenvalue weighted by Crippen LogP contribution is 2.41. The molecule has 3 fully saturated rings. The molecular formula is C37H42BrN7O7S. The first-order chi connectivity index (χ1) is 25.6. The average Bonchev–Trinajstić information content (AvgIpc) is 3.68. The Morgan fingerprint density at radius 2 is 1.79 bits per heavy atom. The number of halogens is 1. The quantitative estimate of drug-likeness (QED) is 0.199. The molecule has 3 unspecified atom stereocenters. The Labute approximate surface area is 316 Å². The minimum atomic E-state index is -3.48. The maximum Gasteiger partial charge on any atom is 0.255 e. The number of aromatic nitrogens is 2. The Hall–Kier alpha value is -4.28. The van der Waals surface area contributed by atoms with E-state index < -0.39 is 27.2 Å². The molecule has 3 aromatic rings. The summed E-state index contributed by atoms with van der Waals surface area (Å²) in [7, 11) is -3.48. The number of piperidine rings is 2. The molecule has 2 saturated heterocycles. The molecule has 1 saturated carbocycles. The third kappa shape index (κ3) is 7.32. The van der Waals surface area contributed by atoms with E-state index in [1.165, 1.54) is 0 Å². The highest BCUT2D eigenvalue weighted by Gasteiger charge is 2.41. The van der Waals surface area contributed by atoms with Crippen LogP contribution in [0.25, 0.3) is 0 Å². The number of fused-ring (bicyclic) bond motifs is 2. The Kier molecular flexibility index (Phi) is 10.0. The summed E-state index contributed by atoms with van der Waals surface area (Å²) in [4.78, 5) is 48.3. The molecule has 3 atom stereocenters. The number of amides is 3. The Bertz CT molecular complexity index is 2040. The van der Waals surface area contributed by atoms with E-state index in [0.717, 1.165) is 42.5 Å². The van der Waals surface area contributed by atoms with Gasteiger partial charge in [-0.25, -0.2) is 17.7 Å². The average molecular weight is 809 g/mol. The Morgan fingerprint density at radius 3 is 2.62 bits per heavy atom. The molecule has 3 amide bonds. The number of hydrogen-bond acceptors (Lipinski definition) is 11. The number of para-hydroxylation sites is 1. The van der Waals surface area contributed by atoms with Crippen molar-refractivity contribution in [3.63, 3.8) is 0 Å². The van der Waals surface area contributed by atoms with Gasteiger partial charge in [0.25, 0.3) is 5.91 Å². The van der Waals surface area contributed by atoms with Crippen molar-refractivity contribution in [1.29, 1.82) is 0 Å². The first-order valence-corrected chi connectivity index (χ1v) is 20.6. The van der Waals surface area contributed by atoms with Crippen LogP contribution >= 0.6 is 15.9 Å². The van der Waals surface area contributed by atoms with E-state index in [1.54, 1.807) is 15.4 Å². The molecule has 0 spiro atoms. The number of imide groups is 1. The van der Waals surface area contributed by atoms with Gasteiger partial charge in [0.1, 0.15) is 11.9 Å². The van der Waals surface area contributed by atoms with Gasteiger partial charge in [0.05, 0.1) is 15.4 Å². The SMILES string of the molecule is O=C1CCC(N2Cc3c(CC4CCCC(S(=O)(=O)N5CCC(Nc6ncc(Br)c(Nc7cccc8c7OCO8)n6)CC5)CC4)cccc3C2=O)C(=O)N1. The fourth-order valence-electron chi connectivity index (χ4n) is 8.33. The van der Waals surface area contributed by atoms with Gasteiger partial charge in [-0.2, -0.15) is 4.98 Å². The molecule has 1 aliphatic carbocycles. The number of ether oxygens (including phenoxy) is 2. The number of benzene rings is 2. The lowest BCUT2D eigenvalue weighted by atomic mass is 9.89. The van der Waals surface area contributed by atoms with E-state index in [4.69, 9.17) is 9.47 Å². The summed E-state index contributed by atoms with van der Waals surface area (Å²) >= 11 is 3.52. The molecule has 5 heterocycles. The van der Waals surface area contributed by atoms with Crippen LogP contribution in [-0.2, 0) is 32.6 Å². The molecule has 16 heteroatoms. The van der Waals surface area contributed by atoms with Crippen molar-refractivity contribution in [1.82, 2.24) is 24.5 Å². The lowest BCUT2D eigenvalue weighted by Gasteiger charge is -2.34. The normalized spacial score (nSPS) is 23.8. The van der Waals surface area contributed by atoms with Gasteiger partial charge in [0, 0.05) is 43.9 Å². The van der Waals surface area contributed by atoms with Crippen molar-refractivity contribution in [3.8, 4) is 11.5 Å². The van der Waals surface area contributed by atoms with Crippen LogP contribution in [0.3, 0.4) is 0 Å². The molecule has 280 valence electrons. The summed E-state index contributed by atoms with van der Waals surface area (Å²) in [6, 6.07) is 10.7. The Balaban J connectivity index is 0.848. The van der Waals surface area contributed by atoms with Crippen molar-refractivity contribution < 1.29 is 32.3 Å². The molecule has 0 radical (unpaired) electrons. The number of carbonyl (C=O) groups excluding carboxylic acids is 3. The highest BCUT2D eigenvalue weighted by atomic mass is 79.9. The lowest BCUT2D eigenvalue weighted by Crippen LogP contribution is -2.52. The number of carbonyl (C=O) groups is 3. The summed E-state index contributed by atoms with van der Waals surface area (Å²) in [6.07, 6.45) is 8.04. The zero-order valence-electron chi connectivity index (χ0n) is 29.2. The van der Waals surface area contributed by atoms with E-state index in [0.29, 0.717) is 91.0 Å². The summed E-state index contributed by atoms with van der Waals surface area (Å²) in [5, 5.41) is 8.65. The van der Waals surface area contributed by atoms with Gasteiger partial charge in [-0.05, 0) is 96.1 Å². The van der Waals surface area contributed by atoms with Gasteiger partial charge in [-0.3, -0.25) is 19.7 Å². The van der Waals surface area contributed by atoms with Crippen LogP contribution in [0.5, 0.6) is 11.5 Å². The first-order valence-electron chi connectivity index (χ1n) is 18.3. The van der Waals surface area contributed by atoms with Crippen LogP contribution in [0.4, 0.5) is 17.5 Å². The standard InChI is InChI=1S/C37H42BrN7O7S/c38-28-19-39-37(43-34(28)41-29-8-3-9-31-33(29)52-21-51-31)40-24-14-16-44(17-15-24)53(49,50)25-6-1-4-22(10-11-25)18-23-5-2-7-26-27(23)20-45(36(26)48)30-12-13-32(46)42-35(30)47/h2-3,5,7-9,19,22,24-25,30H,1,4,6,10-18,20-21H2,(H,42,46,47)(H2,39,40,41,43). The van der Waals surface area contributed by atoms with Crippen LogP contribution in [0.2, 0.25) is 0 Å². The van der Waals surface area contributed by atoms with Crippen molar-refractivity contribution >= 4 is 61.1 Å². The van der Waals surface area contributed by atoms with Crippen LogP contribution in [0, 0.1) is 5.92 Å². The third-order valence-corrected chi connectivity index (χ3v) is 14.2. The first kappa shape index (κ1) is 35.7. The van der Waals surface area contributed by atoms with E-state index in [-0.39, 0.29) is 31.1 Å². The predicted molar refractivity (Wildman–Crippen MR) is 199 cm³/mol. The topological polar surface area (TPSA) is 172 Å². The molecule has 3 N–H and O–H groups in total. The molecule has 2 aromatic carbocycles. The van der Waals surface area contributed by atoms with Crippen LogP contribution in [0.15, 0.2) is 47.1 Å². The highest BCUT2D eigenvalue weighted by molar-refractivity contribution is 9.10. The predicted octanol–water partition coefficient (Wildman–Crippen LogP) is 4.87. The van der Waals surface area contributed by atoms with Crippen molar-refractivity contribution in [2.75, 3.05) is 30.5 Å². The summed E-state index contributed by atoms with van der Waals surface area (Å²) in [5.41, 5.74) is 3.37. The lowest BCUT2D eigenvalue weighted by molar-refractivity contribution is -0.136. The number of anilines is 3. The zero-order valence-corrected chi connectivity index (χ0v) is 31.6. The van der Waals surface area contributed by atoms with Gasteiger partial charge >= 0.3 is 0 Å². The van der Waals surface area contributed by atoms with E-state index >= 15 is 0 Å². The van der Waals surface area contributed by atoms with E-state index in [1.807, 2.05) is 36.4 Å². The Morgan fingerprint density at radius 1 is 0.962 bits per heavy atom. The molecule has 5 aliphatic rings. The molecule has 1 aromatic heterocycles. The second-order valence-electron chi connectivity index (χ2n) is 14.5. The number of rotatable bonds is 9. The smallest absolute Gasteiger partial charge is 0.255 e. The van der Waals surface area contributed by atoms with Crippen molar-refractivity contribution in [2.45, 2.75) is 88.1 Å². The summed E-state index contributed by atoms with van der Waals surface area (Å²) in [5.74, 6) is 1.71. The minimum absolute atomic E-state index is 0.0251. The number of nitrogens with one attached hydrogen (secondary N) is 3. The van der Waals surface area contributed by atoms with Crippen molar-refractivity contribution in [2.24, 2.45) is 5.92 Å². The maximum atomic E-state index is 13.9. The fourth-order valence-corrected chi connectivity index (χ4v) is 10.7. The third-order valence-electron chi connectivity index (χ3n) is 11.2. The minimum Gasteiger partial charge on any atom is -0.454 e. The van der Waals surface area contributed by atoms with Crippen LogP contribution < -0.4 is 25.4 Å². The summed E-state index contributed by atoms with van der Waals surface area (Å²) in [6.45, 7) is 1.38. The van der Waals surface area contributed by atoms with E-state index in [9.17, 15) is 22.8 Å². The number of sulfonamides is 1. The second-order valence-corrected chi connectivity index (χ2v) is 17.5. The second kappa shape index (κ2) is 14.9. The van der Waals surface area contributed by atoms with Gasteiger partial charge in [-0.15, -0.1) is 0 Å². The largest absolute Gasteiger partial charge is 0.454 e. The molecular weight excluding hydrogens is 766 g/mol. The van der Waals surface area contributed by atoms with Gasteiger partial charge in [-0.1, -0.05) is 31.0 Å². The van der Waals surface area contributed by atoms with Crippen LogP contribution in [-0.4, -0.2) is 82.5 Å².